The molecule has 43 heavy (non-hydrogen) atoms. The maximum atomic E-state index is 13.5. The van der Waals surface area contributed by atoms with Crippen LogP contribution in [0.15, 0.2) is 11.6 Å². The van der Waals surface area contributed by atoms with Gasteiger partial charge in [0.25, 0.3) is 0 Å². The Balaban J connectivity index is 1.41. The van der Waals surface area contributed by atoms with E-state index in [2.05, 4.69) is 54.5 Å². The molecule has 6 nitrogen and oxygen atoms in total. The summed E-state index contributed by atoms with van der Waals surface area (Å²) >= 11 is 0. The first-order chi connectivity index (χ1) is 20.0. The van der Waals surface area contributed by atoms with Crippen LogP contribution in [-0.4, -0.2) is 38.2 Å². The van der Waals surface area contributed by atoms with Crippen molar-refractivity contribution < 1.29 is 28.6 Å². The van der Waals surface area contributed by atoms with Gasteiger partial charge in [-0.1, -0.05) is 60.1 Å². The zero-order valence-corrected chi connectivity index (χ0v) is 28.5. The zero-order chi connectivity index (χ0) is 31.6. The Morgan fingerprint density at radius 2 is 1.47 bits per heavy atom. The van der Waals surface area contributed by atoms with E-state index in [9.17, 15) is 14.4 Å². The number of hydrogen-bond donors (Lipinski definition) is 0. The third kappa shape index (κ3) is 4.90. The normalized spacial score (nSPS) is 42.6. The van der Waals surface area contributed by atoms with Crippen LogP contribution >= 0.6 is 0 Å². The summed E-state index contributed by atoms with van der Waals surface area (Å²) < 4.78 is 16.4. The Labute approximate surface area is 260 Å². The van der Waals surface area contributed by atoms with Crippen molar-refractivity contribution in [3.05, 3.63) is 11.6 Å². The average Bonchev–Trinajstić information content (AvgIpc) is 2.94. The van der Waals surface area contributed by atoms with Gasteiger partial charge in [-0.25, -0.2) is 0 Å². The number of methoxy groups -OCH3 is 2. The van der Waals surface area contributed by atoms with Crippen LogP contribution < -0.4 is 0 Å². The molecule has 0 aromatic rings. The number of allylic oxidation sites excluding steroid dienone is 2. The highest BCUT2D eigenvalue weighted by Crippen LogP contribution is 2.76. The maximum absolute atomic E-state index is 13.5. The Morgan fingerprint density at radius 3 is 2.14 bits per heavy atom. The summed E-state index contributed by atoms with van der Waals surface area (Å²) in [5, 5.41) is 0. The van der Waals surface area contributed by atoms with E-state index < -0.39 is 0 Å². The van der Waals surface area contributed by atoms with Crippen molar-refractivity contribution in [2.75, 3.05) is 14.2 Å². The molecule has 0 N–H and O–H groups in total. The van der Waals surface area contributed by atoms with Gasteiger partial charge in [0.2, 0.25) is 0 Å². The molecule has 8 atom stereocenters. The van der Waals surface area contributed by atoms with E-state index >= 15 is 0 Å². The standard InChI is InChI=1S/C37H58O6/c1-32(2)19-21-37(31(40)42-9)22-20-35(6)24(25(37)23-32)13-14-27-34(5)17-16-28(43-30(39)12-10-11-29(38)41-8)33(3,4)26(34)15-18-36(27,35)7/h13,25-28H,10-12,14-23H2,1-9H3/t25-,26-,27+,28-,34-,35+,36+,37-/m0/s1. The second-order valence-corrected chi connectivity index (χ2v) is 17.1. The molecule has 4 saturated carbocycles. The predicted octanol–water partition coefficient (Wildman–Crippen LogP) is 8.22. The minimum absolute atomic E-state index is 0.0128. The van der Waals surface area contributed by atoms with Crippen LogP contribution in [0.1, 0.15) is 132 Å². The highest BCUT2D eigenvalue weighted by atomic mass is 16.5. The van der Waals surface area contributed by atoms with Crippen molar-refractivity contribution in [3.8, 4) is 0 Å². The van der Waals surface area contributed by atoms with Gasteiger partial charge in [0.15, 0.2) is 0 Å². The third-order valence-corrected chi connectivity index (χ3v) is 14.4. The van der Waals surface area contributed by atoms with E-state index in [4.69, 9.17) is 14.2 Å². The van der Waals surface area contributed by atoms with E-state index in [1.165, 1.54) is 7.11 Å². The van der Waals surface area contributed by atoms with Gasteiger partial charge in [0, 0.05) is 18.3 Å². The smallest absolute Gasteiger partial charge is 0.312 e. The molecule has 0 bridgehead atoms. The average molecular weight is 599 g/mol. The third-order valence-electron chi connectivity index (χ3n) is 14.4. The number of esters is 3. The number of hydrogen-bond acceptors (Lipinski definition) is 6. The molecule has 0 aromatic carbocycles. The Kier molecular flexibility index (Phi) is 8.25. The summed E-state index contributed by atoms with van der Waals surface area (Å²) in [6, 6.07) is 0. The first kappa shape index (κ1) is 32.5. The van der Waals surface area contributed by atoms with Crippen molar-refractivity contribution in [2.24, 2.45) is 50.2 Å². The summed E-state index contributed by atoms with van der Waals surface area (Å²) in [7, 11) is 2.95. The lowest BCUT2D eigenvalue weighted by Gasteiger charge is -2.71. The minimum Gasteiger partial charge on any atom is -0.469 e. The fourth-order valence-electron chi connectivity index (χ4n) is 11.7. The molecular weight excluding hydrogens is 540 g/mol. The SMILES string of the molecule is COC(=O)CCCC(=O)O[C@H]1CC[C@]2(C)[C@H]3CC=C4[C@@H]5CC(C)(C)CC[C@]5(C(=O)OC)CC[C@@]4(C)[C@]3(C)CC[C@H]2C1(C)C. The summed E-state index contributed by atoms with van der Waals surface area (Å²) in [5.74, 6) is 0.799. The largest absolute Gasteiger partial charge is 0.469 e. The monoisotopic (exact) mass is 598 g/mol. The highest BCUT2D eigenvalue weighted by molar-refractivity contribution is 5.78. The summed E-state index contributed by atoms with van der Waals surface area (Å²) in [5.41, 5.74) is 1.65. The number of carbonyl (C=O) groups excluding carboxylic acids is 3. The van der Waals surface area contributed by atoms with E-state index in [0.29, 0.717) is 18.3 Å². The second kappa shape index (κ2) is 10.9. The fraction of sp³-hybridized carbons (Fsp3) is 0.865. The Morgan fingerprint density at radius 1 is 0.791 bits per heavy atom. The van der Waals surface area contributed by atoms with Crippen LogP contribution in [0.5, 0.6) is 0 Å². The molecule has 0 aromatic heterocycles. The van der Waals surface area contributed by atoms with Crippen LogP contribution in [-0.2, 0) is 28.6 Å². The molecule has 5 rings (SSSR count). The van der Waals surface area contributed by atoms with Crippen LogP contribution in [0.25, 0.3) is 0 Å². The molecule has 0 aliphatic heterocycles. The van der Waals surface area contributed by atoms with Crippen molar-refractivity contribution in [1.29, 1.82) is 0 Å². The second-order valence-electron chi connectivity index (χ2n) is 17.1. The van der Waals surface area contributed by atoms with Crippen molar-refractivity contribution >= 4 is 17.9 Å². The summed E-state index contributed by atoms with van der Waals surface area (Å²) in [6.07, 6.45) is 13.8. The Bertz CT molecular complexity index is 1170. The van der Waals surface area contributed by atoms with E-state index in [1.54, 1.807) is 12.7 Å². The molecule has 5 aliphatic rings. The number of ether oxygens (including phenoxy) is 3. The first-order valence-electron chi connectivity index (χ1n) is 17.1. The molecular formula is C37H58O6. The van der Waals surface area contributed by atoms with Gasteiger partial charge in [-0.3, -0.25) is 14.4 Å². The number of rotatable bonds is 6. The number of fused-ring (bicyclic) bond motifs is 7. The first-order valence-corrected chi connectivity index (χ1v) is 17.1. The molecule has 242 valence electrons. The van der Waals surface area contributed by atoms with Gasteiger partial charge < -0.3 is 14.2 Å². The van der Waals surface area contributed by atoms with E-state index in [-0.39, 0.29) is 75.3 Å². The maximum Gasteiger partial charge on any atom is 0.312 e. The zero-order valence-electron chi connectivity index (χ0n) is 28.5. The lowest BCUT2D eigenvalue weighted by atomic mass is 9.33. The molecule has 0 heterocycles. The van der Waals surface area contributed by atoms with Crippen molar-refractivity contribution in [1.82, 2.24) is 0 Å². The molecule has 0 saturated heterocycles. The predicted molar refractivity (Wildman–Crippen MR) is 167 cm³/mol. The van der Waals surface area contributed by atoms with Gasteiger partial charge in [0.1, 0.15) is 6.10 Å². The molecule has 0 amide bonds. The lowest BCUT2D eigenvalue weighted by molar-refractivity contribution is -0.214. The minimum atomic E-state index is -0.374. The summed E-state index contributed by atoms with van der Waals surface area (Å²) in [4.78, 5) is 37.8. The van der Waals surface area contributed by atoms with Gasteiger partial charge in [-0.05, 0) is 110 Å². The number of carbonyl (C=O) groups is 3. The van der Waals surface area contributed by atoms with E-state index in [1.807, 2.05) is 0 Å². The van der Waals surface area contributed by atoms with Crippen LogP contribution in [0.3, 0.4) is 0 Å². The lowest BCUT2D eigenvalue weighted by Crippen LogP contribution is -2.65. The van der Waals surface area contributed by atoms with Gasteiger partial charge in [-0.2, -0.15) is 0 Å². The van der Waals surface area contributed by atoms with E-state index in [0.717, 1.165) is 64.2 Å². The topological polar surface area (TPSA) is 78.9 Å². The van der Waals surface area contributed by atoms with Crippen LogP contribution in [0.4, 0.5) is 0 Å². The molecule has 0 radical (unpaired) electrons. The summed E-state index contributed by atoms with van der Waals surface area (Å²) in [6.45, 7) is 17.1. The van der Waals surface area contributed by atoms with Gasteiger partial charge in [-0.15, -0.1) is 0 Å². The molecule has 4 fully saturated rings. The molecule has 0 spiro atoms. The van der Waals surface area contributed by atoms with Crippen LogP contribution in [0, 0.1) is 50.2 Å². The molecule has 0 unspecified atom stereocenters. The van der Waals surface area contributed by atoms with Gasteiger partial charge in [0.05, 0.1) is 19.6 Å². The van der Waals surface area contributed by atoms with Crippen molar-refractivity contribution in [2.45, 2.75) is 138 Å². The molecule has 6 heteroatoms. The Hall–Kier alpha value is -1.85. The van der Waals surface area contributed by atoms with Crippen LogP contribution in [0.2, 0.25) is 0 Å². The fourth-order valence-corrected chi connectivity index (χ4v) is 11.7. The molecule has 5 aliphatic carbocycles. The van der Waals surface area contributed by atoms with Gasteiger partial charge >= 0.3 is 17.9 Å². The quantitative estimate of drug-likeness (QED) is 0.174. The van der Waals surface area contributed by atoms with Crippen molar-refractivity contribution in [3.63, 3.8) is 0 Å². The highest BCUT2D eigenvalue weighted by Gasteiger charge is 2.69.